The van der Waals surface area contributed by atoms with Crippen molar-refractivity contribution < 1.29 is 0 Å². The highest BCUT2D eigenvalue weighted by atomic mass is 35.5. The Bertz CT molecular complexity index is 809. The van der Waals surface area contributed by atoms with E-state index in [1.165, 1.54) is 32.2 Å². The van der Waals surface area contributed by atoms with E-state index in [4.69, 9.17) is 11.6 Å². The van der Waals surface area contributed by atoms with Crippen molar-refractivity contribution in [2.45, 2.75) is 25.7 Å². The minimum atomic E-state index is 0.485. The van der Waals surface area contributed by atoms with E-state index in [0.717, 1.165) is 29.3 Å². The van der Waals surface area contributed by atoms with Gasteiger partial charge in [-0.3, -0.25) is 4.68 Å². The topological polar surface area (TPSA) is 46.0 Å². The second-order valence-corrected chi connectivity index (χ2v) is 8.12. The molecule has 2 aromatic heterocycles. The highest BCUT2D eigenvalue weighted by Gasteiger charge is 2.21. The quantitative estimate of drug-likeness (QED) is 0.630. The largest absolute Gasteiger partial charge is 0.384 e. The summed E-state index contributed by atoms with van der Waals surface area (Å²) in [7, 11) is 6.21. The molecule has 0 aliphatic heterocycles. The van der Waals surface area contributed by atoms with E-state index in [-0.39, 0.29) is 0 Å². The molecule has 1 saturated carbocycles. The first kappa shape index (κ1) is 19.7. The molecule has 0 bridgehead atoms. The number of pyridine rings is 1. The van der Waals surface area contributed by atoms with E-state index >= 15 is 0 Å². The molecule has 1 aliphatic carbocycles. The van der Waals surface area contributed by atoms with Gasteiger partial charge in [-0.15, -0.1) is 0 Å². The Morgan fingerprint density at radius 1 is 1.19 bits per heavy atom. The number of rotatable bonds is 5. The molecule has 3 rings (SSSR count). The Balaban J connectivity index is 1.60. The molecule has 0 radical (unpaired) electrons. The molecule has 1 aliphatic rings. The Labute approximate surface area is 167 Å². The van der Waals surface area contributed by atoms with Crippen LogP contribution in [0.25, 0.3) is 0 Å². The normalized spacial score (nSPS) is 19.6. The lowest BCUT2D eigenvalue weighted by Crippen LogP contribution is -2.28. The zero-order valence-corrected chi connectivity index (χ0v) is 17.1. The van der Waals surface area contributed by atoms with Gasteiger partial charge in [-0.05, 0) is 57.7 Å². The van der Waals surface area contributed by atoms with Gasteiger partial charge in [-0.25, -0.2) is 4.98 Å². The van der Waals surface area contributed by atoms with Gasteiger partial charge in [0, 0.05) is 32.5 Å². The summed E-state index contributed by atoms with van der Waals surface area (Å²) in [5.41, 5.74) is 2.71. The van der Waals surface area contributed by atoms with Crippen LogP contribution in [0.2, 0.25) is 5.15 Å². The minimum absolute atomic E-state index is 0.485. The SMILES string of the molecule is CN(C)CC1CCC(CNc2cc(Cl)ncc2C#Cc2cnn(C)c2)CC1. The van der Waals surface area contributed by atoms with Crippen LogP contribution in [0.1, 0.15) is 36.8 Å². The molecule has 2 aromatic rings. The maximum absolute atomic E-state index is 6.11. The van der Waals surface area contributed by atoms with E-state index in [1.807, 2.05) is 19.3 Å². The van der Waals surface area contributed by atoms with Crippen molar-refractivity contribution in [1.29, 1.82) is 0 Å². The summed E-state index contributed by atoms with van der Waals surface area (Å²) >= 11 is 6.11. The van der Waals surface area contributed by atoms with Gasteiger partial charge in [0.05, 0.1) is 23.0 Å². The van der Waals surface area contributed by atoms with Gasteiger partial charge in [-0.2, -0.15) is 5.10 Å². The van der Waals surface area contributed by atoms with E-state index in [0.29, 0.717) is 11.1 Å². The van der Waals surface area contributed by atoms with Crippen LogP contribution >= 0.6 is 11.6 Å². The third kappa shape index (κ3) is 5.98. The van der Waals surface area contributed by atoms with Crippen LogP contribution in [0.5, 0.6) is 0 Å². The van der Waals surface area contributed by atoms with Crippen LogP contribution in [0.15, 0.2) is 24.7 Å². The zero-order valence-electron chi connectivity index (χ0n) is 16.4. The van der Waals surface area contributed by atoms with Crippen LogP contribution < -0.4 is 5.32 Å². The molecule has 144 valence electrons. The van der Waals surface area contributed by atoms with Crippen molar-refractivity contribution >= 4 is 17.3 Å². The van der Waals surface area contributed by atoms with Gasteiger partial charge in [-0.1, -0.05) is 23.4 Å². The third-order valence-corrected chi connectivity index (χ3v) is 5.29. The van der Waals surface area contributed by atoms with Crippen LogP contribution in [0.3, 0.4) is 0 Å². The fourth-order valence-corrected chi connectivity index (χ4v) is 3.85. The fraction of sp³-hybridized carbons (Fsp3) is 0.524. The Morgan fingerprint density at radius 3 is 2.59 bits per heavy atom. The van der Waals surface area contributed by atoms with Crippen molar-refractivity contribution in [3.8, 4) is 11.8 Å². The monoisotopic (exact) mass is 385 g/mol. The highest BCUT2D eigenvalue weighted by Crippen LogP contribution is 2.29. The highest BCUT2D eigenvalue weighted by molar-refractivity contribution is 6.29. The molecular formula is C21H28ClN5. The average Bonchev–Trinajstić information content (AvgIpc) is 3.05. The summed E-state index contributed by atoms with van der Waals surface area (Å²) in [6, 6.07) is 1.87. The molecule has 0 aromatic carbocycles. The first-order valence-electron chi connectivity index (χ1n) is 9.54. The lowest BCUT2D eigenvalue weighted by Gasteiger charge is -2.30. The number of hydrogen-bond donors (Lipinski definition) is 1. The van der Waals surface area contributed by atoms with Gasteiger partial charge >= 0.3 is 0 Å². The average molecular weight is 386 g/mol. The molecule has 0 amide bonds. The molecule has 0 saturated heterocycles. The number of halogens is 1. The van der Waals surface area contributed by atoms with Gasteiger partial charge in [0.25, 0.3) is 0 Å². The molecule has 0 atom stereocenters. The van der Waals surface area contributed by atoms with Crippen molar-refractivity contribution in [3.63, 3.8) is 0 Å². The van der Waals surface area contributed by atoms with Gasteiger partial charge in [0.1, 0.15) is 5.15 Å². The Morgan fingerprint density at radius 2 is 1.93 bits per heavy atom. The second kappa shape index (κ2) is 9.25. The first-order valence-corrected chi connectivity index (χ1v) is 9.92. The van der Waals surface area contributed by atoms with Crippen LogP contribution in [-0.2, 0) is 7.05 Å². The van der Waals surface area contributed by atoms with Crippen molar-refractivity contribution in [2.75, 3.05) is 32.5 Å². The number of hydrogen-bond acceptors (Lipinski definition) is 4. The number of aromatic nitrogens is 3. The minimum Gasteiger partial charge on any atom is -0.384 e. The molecule has 2 heterocycles. The molecule has 0 spiro atoms. The molecule has 27 heavy (non-hydrogen) atoms. The Hall–Kier alpha value is -2.03. The predicted octanol–water partition coefficient (Wildman–Crippen LogP) is 3.65. The van der Waals surface area contributed by atoms with E-state index < -0.39 is 0 Å². The van der Waals surface area contributed by atoms with Crippen LogP contribution in [0.4, 0.5) is 5.69 Å². The molecule has 1 N–H and O–H groups in total. The number of aryl methyl sites for hydroxylation is 1. The summed E-state index contributed by atoms with van der Waals surface area (Å²) in [5, 5.41) is 8.19. The van der Waals surface area contributed by atoms with Crippen molar-refractivity contribution in [3.05, 3.63) is 40.9 Å². The maximum atomic E-state index is 6.11. The molecule has 0 unspecified atom stereocenters. The van der Waals surface area contributed by atoms with E-state index in [1.54, 1.807) is 17.1 Å². The van der Waals surface area contributed by atoms with Gasteiger partial charge in [0.15, 0.2) is 0 Å². The maximum Gasteiger partial charge on any atom is 0.131 e. The van der Waals surface area contributed by atoms with Crippen molar-refractivity contribution in [2.24, 2.45) is 18.9 Å². The van der Waals surface area contributed by atoms with Crippen LogP contribution in [-0.4, -0.2) is 46.8 Å². The molecule has 6 heteroatoms. The lowest BCUT2D eigenvalue weighted by atomic mass is 9.82. The van der Waals surface area contributed by atoms with Crippen molar-refractivity contribution in [1.82, 2.24) is 19.7 Å². The smallest absolute Gasteiger partial charge is 0.131 e. The number of nitrogens with one attached hydrogen (secondary N) is 1. The molecular weight excluding hydrogens is 358 g/mol. The van der Waals surface area contributed by atoms with Crippen LogP contribution in [0, 0.1) is 23.7 Å². The summed E-state index contributed by atoms with van der Waals surface area (Å²) < 4.78 is 1.75. The number of anilines is 1. The van der Waals surface area contributed by atoms with E-state index in [9.17, 15) is 0 Å². The molecule has 5 nitrogen and oxygen atoms in total. The Kier molecular flexibility index (Phi) is 6.76. The summed E-state index contributed by atoms with van der Waals surface area (Å²) in [6.07, 6.45) is 10.6. The zero-order chi connectivity index (χ0) is 19.2. The third-order valence-electron chi connectivity index (χ3n) is 5.09. The standard InChI is InChI=1S/C21H28ClN5/c1-26(2)14-17-6-4-16(5-7-17)11-23-20-10-21(22)24-13-19(20)9-8-18-12-25-27(3)15-18/h10,12-13,15-17H,4-7,11,14H2,1-3H3,(H,23,24). The summed E-state index contributed by atoms with van der Waals surface area (Å²) in [6.45, 7) is 2.16. The summed E-state index contributed by atoms with van der Waals surface area (Å²) in [5.74, 6) is 7.88. The van der Waals surface area contributed by atoms with E-state index in [2.05, 4.69) is 46.2 Å². The summed E-state index contributed by atoms with van der Waals surface area (Å²) in [4.78, 5) is 6.49. The predicted molar refractivity (Wildman–Crippen MR) is 111 cm³/mol. The lowest BCUT2D eigenvalue weighted by molar-refractivity contribution is 0.228. The van der Waals surface area contributed by atoms with Gasteiger partial charge < -0.3 is 10.2 Å². The number of nitrogens with zero attached hydrogens (tertiary/aromatic N) is 4. The first-order chi connectivity index (χ1) is 13.0. The van der Waals surface area contributed by atoms with Gasteiger partial charge in [0.2, 0.25) is 0 Å². The molecule has 1 fully saturated rings. The fourth-order valence-electron chi connectivity index (χ4n) is 3.69. The second-order valence-electron chi connectivity index (χ2n) is 7.74.